The zero-order valence-electron chi connectivity index (χ0n) is 15.1. The SMILES string of the molecule is CS(=O)(=O)c1ccc(NC(=O)N2CCC(O)(CN3CCCC3)CC2)cc1. The summed E-state index contributed by atoms with van der Waals surface area (Å²) in [6.45, 7) is 3.82. The van der Waals surface area contributed by atoms with Crippen molar-refractivity contribution < 1.29 is 18.3 Å². The number of nitrogens with zero attached hydrogens (tertiary/aromatic N) is 2. The van der Waals surface area contributed by atoms with E-state index in [9.17, 15) is 18.3 Å². The van der Waals surface area contributed by atoms with Gasteiger partial charge in [-0.25, -0.2) is 13.2 Å². The van der Waals surface area contributed by atoms with Crippen molar-refractivity contribution in [2.45, 2.75) is 36.2 Å². The predicted octanol–water partition coefficient (Wildman–Crippen LogP) is 1.54. The van der Waals surface area contributed by atoms with Gasteiger partial charge in [0.25, 0.3) is 0 Å². The number of piperidine rings is 1. The minimum absolute atomic E-state index is 0.222. The van der Waals surface area contributed by atoms with Crippen molar-refractivity contribution in [3.63, 3.8) is 0 Å². The molecule has 0 unspecified atom stereocenters. The fourth-order valence-electron chi connectivity index (χ4n) is 3.63. The Bertz CT molecular complexity index is 734. The number of nitrogens with one attached hydrogen (secondary N) is 1. The highest BCUT2D eigenvalue weighted by molar-refractivity contribution is 7.90. The van der Waals surface area contributed by atoms with E-state index in [2.05, 4.69) is 10.2 Å². The third-order valence-electron chi connectivity index (χ3n) is 5.23. The molecule has 0 bridgehead atoms. The maximum absolute atomic E-state index is 12.4. The fraction of sp³-hybridized carbons (Fsp3) is 0.611. The maximum Gasteiger partial charge on any atom is 0.321 e. The normalized spacial score (nSPS) is 20.9. The Hall–Kier alpha value is -1.64. The summed E-state index contributed by atoms with van der Waals surface area (Å²) in [5.74, 6) is 0. The number of amides is 2. The summed E-state index contributed by atoms with van der Waals surface area (Å²) in [5.41, 5.74) is -0.154. The van der Waals surface area contributed by atoms with Crippen LogP contribution in [0.5, 0.6) is 0 Å². The number of benzene rings is 1. The molecule has 0 atom stereocenters. The van der Waals surface area contributed by atoms with Crippen LogP contribution in [0.3, 0.4) is 0 Å². The third-order valence-corrected chi connectivity index (χ3v) is 6.36. The predicted molar refractivity (Wildman–Crippen MR) is 100 cm³/mol. The van der Waals surface area contributed by atoms with E-state index in [4.69, 9.17) is 0 Å². The van der Waals surface area contributed by atoms with Gasteiger partial charge in [-0.3, -0.25) is 0 Å². The molecule has 1 aromatic rings. The van der Waals surface area contributed by atoms with Crippen LogP contribution in [-0.2, 0) is 9.84 Å². The van der Waals surface area contributed by atoms with Gasteiger partial charge in [0, 0.05) is 31.6 Å². The molecule has 8 heteroatoms. The number of carbonyl (C=O) groups excluding carboxylic acids is 1. The van der Waals surface area contributed by atoms with E-state index in [1.54, 1.807) is 17.0 Å². The number of likely N-dealkylation sites (tertiary alicyclic amines) is 2. The number of carbonyl (C=O) groups is 1. The van der Waals surface area contributed by atoms with Crippen molar-refractivity contribution in [1.82, 2.24) is 9.80 Å². The summed E-state index contributed by atoms with van der Waals surface area (Å²) in [6.07, 6.45) is 4.69. The number of urea groups is 1. The minimum atomic E-state index is -3.25. The first kappa shape index (κ1) is 19.1. The van der Waals surface area contributed by atoms with Crippen LogP contribution in [0.2, 0.25) is 0 Å². The van der Waals surface area contributed by atoms with E-state index in [1.807, 2.05) is 0 Å². The lowest BCUT2D eigenvalue weighted by Crippen LogP contribution is -2.52. The molecule has 2 fully saturated rings. The number of sulfone groups is 1. The number of β-amino-alcohol motifs (C(OH)–C–C–N with tert-alkyl or cyclic N) is 1. The highest BCUT2D eigenvalue weighted by Gasteiger charge is 2.36. The number of rotatable bonds is 4. The van der Waals surface area contributed by atoms with E-state index in [-0.39, 0.29) is 10.9 Å². The first-order valence-corrected chi connectivity index (χ1v) is 11.0. The molecule has 2 heterocycles. The highest BCUT2D eigenvalue weighted by atomic mass is 32.2. The van der Waals surface area contributed by atoms with Gasteiger partial charge in [-0.15, -0.1) is 0 Å². The van der Waals surface area contributed by atoms with E-state index >= 15 is 0 Å². The molecule has 0 saturated carbocycles. The zero-order chi connectivity index (χ0) is 18.8. The summed E-state index contributed by atoms with van der Waals surface area (Å²) in [5, 5.41) is 13.6. The van der Waals surface area contributed by atoms with Crippen LogP contribution in [0, 0.1) is 0 Å². The van der Waals surface area contributed by atoms with Crippen LogP contribution in [0.4, 0.5) is 10.5 Å². The lowest BCUT2D eigenvalue weighted by Gasteiger charge is -2.40. The van der Waals surface area contributed by atoms with E-state index in [0.29, 0.717) is 38.2 Å². The standard InChI is InChI=1S/C18H27N3O4S/c1-26(24,25)16-6-4-15(5-7-16)19-17(22)21-12-8-18(23,9-13-21)14-20-10-2-3-11-20/h4-7,23H,2-3,8-14H2,1H3,(H,19,22). The van der Waals surface area contributed by atoms with Gasteiger partial charge in [-0.05, 0) is 63.0 Å². The van der Waals surface area contributed by atoms with Crippen molar-refractivity contribution in [3.05, 3.63) is 24.3 Å². The summed E-state index contributed by atoms with van der Waals surface area (Å²) < 4.78 is 23.0. The number of hydrogen-bond donors (Lipinski definition) is 2. The molecular formula is C18H27N3O4S. The molecular weight excluding hydrogens is 354 g/mol. The summed E-state index contributed by atoms with van der Waals surface area (Å²) in [6, 6.07) is 5.91. The Labute approximate surface area is 154 Å². The fourth-order valence-corrected chi connectivity index (χ4v) is 4.26. The molecule has 7 nitrogen and oxygen atoms in total. The van der Waals surface area contributed by atoms with Gasteiger partial charge >= 0.3 is 6.03 Å². The molecule has 2 amide bonds. The lowest BCUT2D eigenvalue weighted by molar-refractivity contribution is -0.0331. The number of aliphatic hydroxyl groups is 1. The molecule has 26 heavy (non-hydrogen) atoms. The van der Waals surface area contributed by atoms with Crippen LogP contribution in [0.15, 0.2) is 29.2 Å². The van der Waals surface area contributed by atoms with Crippen LogP contribution in [-0.4, -0.2) is 73.9 Å². The number of hydrogen-bond acceptors (Lipinski definition) is 5. The second-order valence-corrected chi connectivity index (χ2v) is 9.44. The topological polar surface area (TPSA) is 90.0 Å². The molecule has 1 aromatic carbocycles. The summed E-state index contributed by atoms with van der Waals surface area (Å²) in [4.78, 5) is 16.6. The second-order valence-electron chi connectivity index (χ2n) is 7.42. The summed E-state index contributed by atoms with van der Waals surface area (Å²) in [7, 11) is -3.25. The summed E-state index contributed by atoms with van der Waals surface area (Å²) >= 11 is 0. The lowest BCUT2D eigenvalue weighted by atomic mass is 9.91. The van der Waals surface area contributed by atoms with Gasteiger partial charge in [0.15, 0.2) is 9.84 Å². The van der Waals surface area contributed by atoms with E-state index < -0.39 is 15.4 Å². The Morgan fingerprint density at radius 1 is 1.12 bits per heavy atom. The zero-order valence-corrected chi connectivity index (χ0v) is 16.0. The second kappa shape index (κ2) is 7.54. The van der Waals surface area contributed by atoms with Crippen molar-refractivity contribution in [2.75, 3.05) is 44.3 Å². The van der Waals surface area contributed by atoms with Gasteiger partial charge in [-0.1, -0.05) is 0 Å². The third kappa shape index (κ3) is 4.75. The van der Waals surface area contributed by atoms with Gasteiger partial charge < -0.3 is 20.2 Å². The molecule has 2 N–H and O–H groups in total. The first-order valence-electron chi connectivity index (χ1n) is 9.06. The average Bonchev–Trinajstić information content (AvgIpc) is 3.07. The molecule has 2 aliphatic rings. The minimum Gasteiger partial charge on any atom is -0.388 e. The maximum atomic E-state index is 12.4. The molecule has 3 rings (SSSR count). The van der Waals surface area contributed by atoms with Crippen LogP contribution >= 0.6 is 0 Å². The Morgan fingerprint density at radius 3 is 2.23 bits per heavy atom. The molecule has 0 aromatic heterocycles. The molecule has 0 radical (unpaired) electrons. The molecule has 0 spiro atoms. The van der Waals surface area contributed by atoms with Gasteiger partial charge in [0.2, 0.25) is 0 Å². The Kier molecular flexibility index (Phi) is 5.55. The Morgan fingerprint density at radius 2 is 1.69 bits per heavy atom. The van der Waals surface area contributed by atoms with Crippen LogP contribution in [0.1, 0.15) is 25.7 Å². The monoisotopic (exact) mass is 381 g/mol. The van der Waals surface area contributed by atoms with Crippen molar-refractivity contribution in [3.8, 4) is 0 Å². The van der Waals surface area contributed by atoms with Crippen molar-refractivity contribution in [1.29, 1.82) is 0 Å². The molecule has 2 aliphatic heterocycles. The first-order chi connectivity index (χ1) is 12.3. The molecule has 0 aliphatic carbocycles. The van der Waals surface area contributed by atoms with Gasteiger partial charge in [0.1, 0.15) is 0 Å². The Balaban J connectivity index is 1.52. The smallest absolute Gasteiger partial charge is 0.321 e. The van der Waals surface area contributed by atoms with Gasteiger partial charge in [-0.2, -0.15) is 0 Å². The quantitative estimate of drug-likeness (QED) is 0.826. The van der Waals surface area contributed by atoms with Crippen LogP contribution < -0.4 is 5.32 Å². The van der Waals surface area contributed by atoms with Gasteiger partial charge in [0.05, 0.1) is 10.5 Å². The molecule has 144 valence electrons. The highest BCUT2D eigenvalue weighted by Crippen LogP contribution is 2.25. The van der Waals surface area contributed by atoms with E-state index in [1.165, 1.54) is 25.0 Å². The average molecular weight is 381 g/mol. The van der Waals surface area contributed by atoms with Crippen molar-refractivity contribution in [2.24, 2.45) is 0 Å². The van der Waals surface area contributed by atoms with Crippen molar-refractivity contribution >= 4 is 21.6 Å². The number of anilines is 1. The molecule has 2 saturated heterocycles. The largest absolute Gasteiger partial charge is 0.388 e. The van der Waals surface area contributed by atoms with Crippen LogP contribution in [0.25, 0.3) is 0 Å². The van der Waals surface area contributed by atoms with E-state index in [0.717, 1.165) is 19.3 Å².